The predicted molar refractivity (Wildman–Crippen MR) is 127 cm³/mol. The number of aliphatic imine (C=N–C) groups is 1. The first-order valence-corrected chi connectivity index (χ1v) is 10.8. The Morgan fingerprint density at radius 2 is 1.82 bits per heavy atom. The molecule has 0 fully saturated rings. The smallest absolute Gasteiger partial charge is 0.406 e. The van der Waals surface area contributed by atoms with Crippen LogP contribution in [0, 0.1) is 6.92 Å². The van der Waals surface area contributed by atoms with Crippen LogP contribution in [0.15, 0.2) is 47.0 Å². The molecule has 0 saturated carbocycles. The van der Waals surface area contributed by atoms with E-state index in [-0.39, 0.29) is 12.3 Å². The van der Waals surface area contributed by atoms with Gasteiger partial charge in [0.15, 0.2) is 0 Å². The molecule has 4 N–H and O–H groups in total. The summed E-state index contributed by atoms with van der Waals surface area (Å²) < 4.78 is 41.2. The number of aliphatic hydroxyl groups excluding tert-OH is 2. The van der Waals surface area contributed by atoms with E-state index in [1.165, 1.54) is 24.3 Å². The minimum Gasteiger partial charge on any atom is -0.406 e. The maximum atomic E-state index is 12.4. The number of aliphatic hydroxyl groups is 2. The van der Waals surface area contributed by atoms with Crippen LogP contribution in [0.1, 0.15) is 56.9 Å². The van der Waals surface area contributed by atoms with Gasteiger partial charge in [-0.15, -0.1) is 13.2 Å². The van der Waals surface area contributed by atoms with E-state index >= 15 is 0 Å². The van der Waals surface area contributed by atoms with Crippen molar-refractivity contribution in [3.05, 3.63) is 58.7 Å². The molecular formula is C25H33F3N2O3. The van der Waals surface area contributed by atoms with E-state index in [2.05, 4.69) is 9.73 Å². The molecule has 2 rings (SSSR count). The van der Waals surface area contributed by atoms with Crippen molar-refractivity contribution in [2.24, 2.45) is 10.7 Å². The Labute approximate surface area is 193 Å². The number of halogens is 3. The van der Waals surface area contributed by atoms with Gasteiger partial charge in [0.05, 0.1) is 12.3 Å². The van der Waals surface area contributed by atoms with E-state index in [0.29, 0.717) is 33.5 Å². The minimum absolute atomic E-state index is 0.0846. The number of allylic oxidation sites excluding steroid dienone is 2. The second-order valence-corrected chi connectivity index (χ2v) is 7.09. The average Bonchev–Trinajstić information content (AvgIpc) is 2.80. The van der Waals surface area contributed by atoms with Gasteiger partial charge in [-0.2, -0.15) is 0 Å². The fourth-order valence-corrected chi connectivity index (χ4v) is 3.13. The lowest BCUT2D eigenvalue weighted by atomic mass is 9.90. The minimum atomic E-state index is -4.77. The number of nitrogens with two attached hydrogens (primary N) is 1. The highest BCUT2D eigenvalue weighted by Crippen LogP contribution is 2.39. The molecule has 5 nitrogen and oxygen atoms in total. The van der Waals surface area contributed by atoms with Crippen LogP contribution in [-0.4, -0.2) is 29.4 Å². The van der Waals surface area contributed by atoms with Crippen LogP contribution in [0.2, 0.25) is 0 Å². The molecule has 0 aromatic heterocycles. The summed E-state index contributed by atoms with van der Waals surface area (Å²) >= 11 is 0. The molecule has 1 unspecified atom stereocenters. The lowest BCUT2D eigenvalue weighted by Crippen LogP contribution is -2.16. The van der Waals surface area contributed by atoms with Gasteiger partial charge in [-0.05, 0) is 66.8 Å². The van der Waals surface area contributed by atoms with Crippen molar-refractivity contribution in [3.8, 4) is 16.9 Å². The number of rotatable bonds is 8. The second-order valence-electron chi connectivity index (χ2n) is 7.09. The van der Waals surface area contributed by atoms with Crippen molar-refractivity contribution in [1.29, 1.82) is 0 Å². The molecule has 0 radical (unpaired) electrons. The first-order chi connectivity index (χ1) is 15.6. The van der Waals surface area contributed by atoms with Crippen molar-refractivity contribution in [1.82, 2.24) is 0 Å². The fraction of sp³-hybridized carbons (Fsp3) is 0.400. The van der Waals surface area contributed by atoms with Gasteiger partial charge >= 0.3 is 6.36 Å². The lowest BCUT2D eigenvalue weighted by molar-refractivity contribution is -0.274. The molecule has 0 amide bonds. The molecule has 8 heteroatoms. The van der Waals surface area contributed by atoms with Crippen molar-refractivity contribution in [2.75, 3.05) is 6.61 Å². The summed E-state index contributed by atoms with van der Waals surface area (Å²) in [6.45, 7) is 9.37. The first kappa shape index (κ1) is 28.4. The molecule has 0 heterocycles. The number of nitrogens with zero attached hydrogens (tertiary/aromatic N) is 1. The topological polar surface area (TPSA) is 88.1 Å². The number of ether oxygens (including phenoxy) is 1. The van der Waals surface area contributed by atoms with Gasteiger partial charge in [0.1, 0.15) is 11.9 Å². The Morgan fingerprint density at radius 1 is 1.21 bits per heavy atom. The van der Waals surface area contributed by atoms with E-state index in [9.17, 15) is 23.4 Å². The van der Waals surface area contributed by atoms with Gasteiger partial charge in [-0.25, -0.2) is 0 Å². The third kappa shape index (κ3) is 7.99. The van der Waals surface area contributed by atoms with Gasteiger partial charge in [-0.3, -0.25) is 4.99 Å². The zero-order valence-electron chi connectivity index (χ0n) is 19.7. The third-order valence-corrected chi connectivity index (χ3v) is 4.92. The second kappa shape index (κ2) is 13.1. The van der Waals surface area contributed by atoms with Crippen molar-refractivity contribution >= 4 is 11.9 Å². The highest BCUT2D eigenvalue weighted by Gasteiger charge is 2.31. The van der Waals surface area contributed by atoms with E-state index in [1.807, 2.05) is 33.8 Å². The summed E-state index contributed by atoms with van der Waals surface area (Å²) in [6.07, 6.45) is -1.60. The van der Waals surface area contributed by atoms with E-state index in [0.717, 1.165) is 12.0 Å². The average molecular weight is 467 g/mol. The van der Waals surface area contributed by atoms with Crippen LogP contribution >= 0.6 is 0 Å². The summed E-state index contributed by atoms with van der Waals surface area (Å²) in [5.41, 5.74) is 10.5. The Balaban J connectivity index is 0.00000265. The molecular weight excluding hydrogens is 433 g/mol. The molecule has 0 spiro atoms. The quantitative estimate of drug-likeness (QED) is 0.408. The van der Waals surface area contributed by atoms with Crippen LogP contribution in [0.3, 0.4) is 0 Å². The molecule has 1 atom stereocenters. The van der Waals surface area contributed by atoms with Gasteiger partial charge in [0.25, 0.3) is 0 Å². The Bertz CT molecular complexity index is 953. The summed E-state index contributed by atoms with van der Waals surface area (Å²) in [6, 6.07) is 7.25. The molecule has 0 bridgehead atoms. The van der Waals surface area contributed by atoms with Crippen molar-refractivity contribution in [3.63, 3.8) is 0 Å². The van der Waals surface area contributed by atoms with E-state index in [4.69, 9.17) is 5.73 Å². The van der Waals surface area contributed by atoms with Crippen molar-refractivity contribution < 1.29 is 28.1 Å². The molecule has 0 saturated heterocycles. The van der Waals surface area contributed by atoms with Gasteiger partial charge in [-0.1, -0.05) is 38.5 Å². The lowest BCUT2D eigenvalue weighted by Gasteiger charge is -2.21. The van der Waals surface area contributed by atoms with Crippen LogP contribution in [0.25, 0.3) is 11.1 Å². The van der Waals surface area contributed by atoms with E-state index in [1.54, 1.807) is 19.2 Å². The Morgan fingerprint density at radius 3 is 2.30 bits per heavy atom. The Kier molecular flexibility index (Phi) is 11.3. The maximum absolute atomic E-state index is 12.4. The molecule has 0 aliphatic carbocycles. The zero-order valence-corrected chi connectivity index (χ0v) is 19.7. The largest absolute Gasteiger partial charge is 0.573 e. The van der Waals surface area contributed by atoms with Crippen molar-refractivity contribution in [2.45, 2.75) is 60.1 Å². The normalized spacial score (nSPS) is 13.0. The van der Waals surface area contributed by atoms with E-state index < -0.39 is 19.1 Å². The highest BCUT2D eigenvalue weighted by atomic mass is 19.4. The molecule has 0 aliphatic rings. The predicted octanol–water partition coefficient (Wildman–Crippen LogP) is 6.13. The van der Waals surface area contributed by atoms with Crippen LogP contribution in [0.5, 0.6) is 5.75 Å². The monoisotopic (exact) mass is 466 g/mol. The molecule has 2 aromatic carbocycles. The van der Waals surface area contributed by atoms with Crippen LogP contribution in [0.4, 0.5) is 18.9 Å². The van der Waals surface area contributed by atoms with Crippen LogP contribution in [-0.2, 0) is 6.54 Å². The summed E-state index contributed by atoms with van der Waals surface area (Å²) in [7, 11) is 0. The highest BCUT2D eigenvalue weighted by molar-refractivity contribution is 5.82. The van der Waals surface area contributed by atoms with Gasteiger partial charge in [0.2, 0.25) is 0 Å². The van der Waals surface area contributed by atoms with Gasteiger partial charge < -0.3 is 20.7 Å². The maximum Gasteiger partial charge on any atom is 0.573 e. The number of hydrogen-bond acceptors (Lipinski definition) is 5. The number of alkyl halides is 3. The summed E-state index contributed by atoms with van der Waals surface area (Å²) in [4.78, 5) is 4.52. The standard InChI is InChI=1S/C23H27F3N2O3.C2H6/c1-4-14(2)9-10-28-22-15(3)19(11-17(12-27)21(22)20(30)13-29)16-5-7-18(8-6-16)31-23(24,25)26;1-2/h5-11,20,29-30H,4,12-13,27H2,1-3H3;1-2H3. The molecule has 182 valence electrons. The Hall–Kier alpha value is -2.68. The summed E-state index contributed by atoms with van der Waals surface area (Å²) in [5.74, 6) is -0.321. The van der Waals surface area contributed by atoms with Gasteiger partial charge in [0, 0.05) is 18.3 Å². The molecule has 2 aromatic rings. The SMILES string of the molecule is CC.CCC(C)=CC=Nc1c(C)c(-c2ccc(OC(F)(F)F)cc2)cc(CN)c1C(O)CO. The first-order valence-electron chi connectivity index (χ1n) is 10.8. The number of benzene rings is 2. The fourth-order valence-electron chi connectivity index (χ4n) is 3.13. The molecule has 33 heavy (non-hydrogen) atoms. The van der Waals surface area contributed by atoms with Crippen LogP contribution < -0.4 is 10.5 Å². The summed E-state index contributed by atoms with van der Waals surface area (Å²) in [5, 5.41) is 19.9. The third-order valence-electron chi connectivity index (χ3n) is 4.92. The molecule has 0 aliphatic heterocycles. The number of hydrogen-bond donors (Lipinski definition) is 3. The zero-order chi connectivity index (χ0) is 25.2.